The molecule has 0 saturated carbocycles. The summed E-state index contributed by atoms with van der Waals surface area (Å²) in [6.07, 6.45) is 4.11. The smallest absolute Gasteiger partial charge is 0.129 e. The summed E-state index contributed by atoms with van der Waals surface area (Å²) in [5, 5.41) is 9.50. The number of halogens is 1. The Balaban J connectivity index is 2.49. The van der Waals surface area contributed by atoms with Gasteiger partial charge in [0.1, 0.15) is 5.15 Å². The van der Waals surface area contributed by atoms with E-state index in [-0.39, 0.29) is 6.61 Å². The second kappa shape index (κ2) is 7.60. The monoisotopic (exact) mass is 242 g/mol. The lowest BCUT2D eigenvalue weighted by Gasteiger charge is -2.20. The van der Waals surface area contributed by atoms with Gasteiger partial charge in [0.15, 0.2) is 0 Å². The molecule has 0 aliphatic carbocycles. The topological polar surface area (TPSA) is 36.4 Å². The molecular formula is C12H19ClN2O. The summed E-state index contributed by atoms with van der Waals surface area (Å²) < 4.78 is 0. The minimum absolute atomic E-state index is 0.199. The average Bonchev–Trinajstić information content (AvgIpc) is 2.29. The van der Waals surface area contributed by atoms with Gasteiger partial charge in [0, 0.05) is 19.3 Å². The van der Waals surface area contributed by atoms with E-state index in [1.807, 2.05) is 6.07 Å². The summed E-state index contributed by atoms with van der Waals surface area (Å²) in [4.78, 5) is 6.28. The number of aromatic nitrogens is 1. The van der Waals surface area contributed by atoms with Crippen LogP contribution < -0.4 is 0 Å². The molecule has 0 bridgehead atoms. The molecule has 16 heavy (non-hydrogen) atoms. The molecule has 0 saturated heterocycles. The Morgan fingerprint density at radius 1 is 1.38 bits per heavy atom. The number of hydrogen-bond acceptors (Lipinski definition) is 3. The van der Waals surface area contributed by atoms with Crippen molar-refractivity contribution >= 4 is 11.6 Å². The van der Waals surface area contributed by atoms with Crippen molar-refractivity contribution in [1.82, 2.24) is 9.88 Å². The van der Waals surface area contributed by atoms with E-state index in [2.05, 4.69) is 16.8 Å². The molecule has 1 N–H and O–H groups in total. The summed E-state index contributed by atoms with van der Waals surface area (Å²) in [6, 6.07) is 3.78. The van der Waals surface area contributed by atoms with E-state index in [1.54, 1.807) is 12.3 Å². The second-order valence-electron chi connectivity index (χ2n) is 3.84. The van der Waals surface area contributed by atoms with Crippen LogP contribution in [0.5, 0.6) is 0 Å². The summed E-state index contributed by atoms with van der Waals surface area (Å²) >= 11 is 5.73. The molecule has 0 aliphatic rings. The summed E-state index contributed by atoms with van der Waals surface area (Å²) in [6.45, 7) is 4.92. The van der Waals surface area contributed by atoms with Gasteiger partial charge in [-0.1, -0.05) is 31.0 Å². The van der Waals surface area contributed by atoms with Crippen LogP contribution in [-0.4, -0.2) is 34.7 Å². The summed E-state index contributed by atoms with van der Waals surface area (Å²) in [5.41, 5.74) is 1.13. The molecule has 0 spiro atoms. The maximum absolute atomic E-state index is 8.98. The lowest BCUT2D eigenvalue weighted by Crippen LogP contribution is -2.27. The van der Waals surface area contributed by atoms with E-state index < -0.39 is 0 Å². The largest absolute Gasteiger partial charge is 0.395 e. The van der Waals surface area contributed by atoms with Gasteiger partial charge >= 0.3 is 0 Å². The number of aliphatic hydroxyl groups excluding tert-OH is 1. The van der Waals surface area contributed by atoms with Crippen LogP contribution in [0.4, 0.5) is 0 Å². The third-order valence-corrected chi connectivity index (χ3v) is 2.66. The quantitative estimate of drug-likeness (QED) is 0.746. The van der Waals surface area contributed by atoms with Gasteiger partial charge in [0.2, 0.25) is 0 Å². The van der Waals surface area contributed by atoms with Crippen molar-refractivity contribution in [3.63, 3.8) is 0 Å². The minimum Gasteiger partial charge on any atom is -0.395 e. The Morgan fingerprint density at radius 3 is 2.75 bits per heavy atom. The van der Waals surface area contributed by atoms with Crippen LogP contribution in [0, 0.1) is 0 Å². The van der Waals surface area contributed by atoms with Gasteiger partial charge in [-0.25, -0.2) is 4.98 Å². The number of unbranched alkanes of at least 4 members (excludes halogenated alkanes) is 1. The van der Waals surface area contributed by atoms with Crippen LogP contribution in [0.3, 0.4) is 0 Å². The van der Waals surface area contributed by atoms with Crippen molar-refractivity contribution in [3.05, 3.63) is 29.0 Å². The van der Waals surface area contributed by atoms with Crippen LogP contribution in [0.15, 0.2) is 18.3 Å². The standard InChI is InChI=1S/C12H19ClN2O/c1-2-3-6-15(7-8-16)10-11-4-5-12(13)14-9-11/h4-5,9,16H,2-3,6-8,10H2,1H3. The number of nitrogens with zero attached hydrogens (tertiary/aromatic N) is 2. The first-order chi connectivity index (χ1) is 7.76. The average molecular weight is 243 g/mol. The lowest BCUT2D eigenvalue weighted by atomic mass is 10.2. The Labute approximate surface area is 102 Å². The highest BCUT2D eigenvalue weighted by molar-refractivity contribution is 6.29. The van der Waals surface area contributed by atoms with E-state index in [4.69, 9.17) is 16.7 Å². The van der Waals surface area contributed by atoms with Crippen LogP contribution >= 0.6 is 11.6 Å². The lowest BCUT2D eigenvalue weighted by molar-refractivity contribution is 0.188. The molecule has 3 nitrogen and oxygen atoms in total. The molecule has 1 aromatic rings. The van der Waals surface area contributed by atoms with Crippen LogP contribution in [0.2, 0.25) is 5.15 Å². The first kappa shape index (κ1) is 13.4. The maximum Gasteiger partial charge on any atom is 0.129 e. The van der Waals surface area contributed by atoms with Crippen LogP contribution in [-0.2, 0) is 6.54 Å². The van der Waals surface area contributed by atoms with Crippen molar-refractivity contribution in [2.24, 2.45) is 0 Å². The minimum atomic E-state index is 0.199. The van der Waals surface area contributed by atoms with Crippen molar-refractivity contribution in [2.45, 2.75) is 26.3 Å². The van der Waals surface area contributed by atoms with Crippen molar-refractivity contribution in [3.8, 4) is 0 Å². The molecule has 0 fully saturated rings. The Morgan fingerprint density at radius 2 is 2.19 bits per heavy atom. The number of pyridine rings is 1. The van der Waals surface area contributed by atoms with E-state index in [9.17, 15) is 0 Å². The first-order valence-electron chi connectivity index (χ1n) is 5.70. The SMILES string of the molecule is CCCCN(CCO)Cc1ccc(Cl)nc1. The predicted molar refractivity (Wildman–Crippen MR) is 66.5 cm³/mol. The normalized spacial score (nSPS) is 11.0. The fraction of sp³-hybridized carbons (Fsp3) is 0.583. The second-order valence-corrected chi connectivity index (χ2v) is 4.23. The van der Waals surface area contributed by atoms with Gasteiger partial charge in [0.25, 0.3) is 0 Å². The first-order valence-corrected chi connectivity index (χ1v) is 6.07. The molecule has 1 heterocycles. The molecule has 0 atom stereocenters. The van der Waals surface area contributed by atoms with Gasteiger partial charge in [-0.3, -0.25) is 4.90 Å². The molecule has 4 heteroatoms. The molecular weight excluding hydrogens is 224 g/mol. The number of hydrogen-bond donors (Lipinski definition) is 1. The van der Waals surface area contributed by atoms with Crippen molar-refractivity contribution < 1.29 is 5.11 Å². The highest BCUT2D eigenvalue weighted by Crippen LogP contribution is 2.08. The number of rotatable bonds is 7. The van der Waals surface area contributed by atoms with E-state index in [0.717, 1.165) is 25.1 Å². The van der Waals surface area contributed by atoms with E-state index in [1.165, 1.54) is 6.42 Å². The third-order valence-electron chi connectivity index (χ3n) is 2.44. The van der Waals surface area contributed by atoms with Gasteiger partial charge in [-0.2, -0.15) is 0 Å². The van der Waals surface area contributed by atoms with Gasteiger partial charge < -0.3 is 5.11 Å². The Kier molecular flexibility index (Phi) is 6.38. The van der Waals surface area contributed by atoms with E-state index in [0.29, 0.717) is 11.7 Å². The van der Waals surface area contributed by atoms with Gasteiger partial charge in [-0.15, -0.1) is 0 Å². The highest BCUT2D eigenvalue weighted by Gasteiger charge is 2.05. The van der Waals surface area contributed by atoms with Gasteiger partial charge in [0.05, 0.1) is 6.61 Å². The maximum atomic E-state index is 8.98. The van der Waals surface area contributed by atoms with Crippen LogP contribution in [0.25, 0.3) is 0 Å². The molecule has 90 valence electrons. The molecule has 0 unspecified atom stereocenters. The molecule has 0 amide bonds. The molecule has 0 aromatic carbocycles. The molecule has 0 radical (unpaired) electrons. The Hall–Kier alpha value is -0.640. The van der Waals surface area contributed by atoms with E-state index >= 15 is 0 Å². The summed E-state index contributed by atoms with van der Waals surface area (Å²) in [7, 11) is 0. The predicted octanol–water partition coefficient (Wildman–Crippen LogP) is 2.33. The van der Waals surface area contributed by atoms with Crippen LogP contribution in [0.1, 0.15) is 25.3 Å². The van der Waals surface area contributed by atoms with Gasteiger partial charge in [-0.05, 0) is 24.6 Å². The summed E-state index contributed by atoms with van der Waals surface area (Å²) in [5.74, 6) is 0. The zero-order valence-electron chi connectivity index (χ0n) is 9.69. The zero-order chi connectivity index (χ0) is 11.8. The van der Waals surface area contributed by atoms with Crippen molar-refractivity contribution in [2.75, 3.05) is 19.7 Å². The fourth-order valence-electron chi connectivity index (χ4n) is 1.55. The number of aliphatic hydroxyl groups is 1. The Bertz CT molecular complexity index is 290. The molecule has 1 rings (SSSR count). The third kappa shape index (κ3) is 4.92. The zero-order valence-corrected chi connectivity index (χ0v) is 10.5. The fourth-order valence-corrected chi connectivity index (χ4v) is 1.66. The molecule has 0 aliphatic heterocycles. The molecule has 1 aromatic heterocycles. The van der Waals surface area contributed by atoms with Crippen molar-refractivity contribution in [1.29, 1.82) is 0 Å². The highest BCUT2D eigenvalue weighted by atomic mass is 35.5.